The van der Waals surface area contributed by atoms with Crippen molar-refractivity contribution in [2.75, 3.05) is 12.1 Å². The van der Waals surface area contributed by atoms with Crippen molar-refractivity contribution in [2.24, 2.45) is 0 Å². The summed E-state index contributed by atoms with van der Waals surface area (Å²) in [4.78, 5) is 20.4. The van der Waals surface area contributed by atoms with Crippen molar-refractivity contribution in [3.05, 3.63) is 38.4 Å². The summed E-state index contributed by atoms with van der Waals surface area (Å²) in [5.74, 6) is 0. The summed E-state index contributed by atoms with van der Waals surface area (Å²) in [6.07, 6.45) is 0. The standard InChI is InChI=1S/C10H12N4O4/c1-10(2)11(3)12(10)8-5-4-7(13(15)16)6-9(8)14(17)18/h4-6H,1-3H3. The van der Waals surface area contributed by atoms with Crippen LogP contribution in [0.4, 0.5) is 17.1 Å². The fraction of sp³-hybridized carbons (Fsp3) is 0.400. The number of benzene rings is 1. The van der Waals surface area contributed by atoms with E-state index in [1.165, 1.54) is 12.1 Å². The van der Waals surface area contributed by atoms with Crippen molar-refractivity contribution >= 4 is 17.1 Å². The maximum Gasteiger partial charge on any atom is 0.300 e. The molecule has 1 aromatic carbocycles. The first-order valence-electron chi connectivity index (χ1n) is 5.23. The van der Waals surface area contributed by atoms with Crippen LogP contribution >= 0.6 is 0 Å². The molecule has 1 atom stereocenters. The molecule has 1 fully saturated rings. The number of nitro benzene ring substituents is 2. The fourth-order valence-corrected chi connectivity index (χ4v) is 1.92. The van der Waals surface area contributed by atoms with Crippen molar-refractivity contribution in [2.45, 2.75) is 19.5 Å². The molecule has 1 aliphatic heterocycles. The lowest BCUT2D eigenvalue weighted by atomic mass is 10.2. The highest BCUT2D eigenvalue weighted by Crippen LogP contribution is 2.46. The van der Waals surface area contributed by atoms with Gasteiger partial charge in [-0.3, -0.25) is 25.2 Å². The quantitative estimate of drug-likeness (QED) is 0.463. The molecule has 2 rings (SSSR count). The Morgan fingerprint density at radius 3 is 2.11 bits per heavy atom. The third-order valence-electron chi connectivity index (χ3n) is 3.17. The molecule has 0 N–H and O–H groups in total. The Kier molecular flexibility index (Phi) is 2.47. The number of nitro groups is 2. The maximum atomic E-state index is 11.0. The van der Waals surface area contributed by atoms with E-state index in [9.17, 15) is 20.2 Å². The SMILES string of the molecule is CN1N(c2ccc([N+](=O)[O-])cc2[N+](=O)[O-])C1(C)C. The molecule has 0 bridgehead atoms. The fourth-order valence-electron chi connectivity index (χ4n) is 1.92. The second-order valence-electron chi connectivity index (χ2n) is 4.52. The summed E-state index contributed by atoms with van der Waals surface area (Å²) in [5, 5.41) is 25.1. The third kappa shape index (κ3) is 1.66. The van der Waals surface area contributed by atoms with Gasteiger partial charge in [0.15, 0.2) is 0 Å². The molecule has 0 radical (unpaired) electrons. The zero-order valence-electron chi connectivity index (χ0n) is 10.2. The van der Waals surface area contributed by atoms with Gasteiger partial charge in [-0.05, 0) is 19.9 Å². The Hall–Kier alpha value is -2.22. The van der Waals surface area contributed by atoms with Gasteiger partial charge in [-0.15, -0.1) is 0 Å². The van der Waals surface area contributed by atoms with Gasteiger partial charge < -0.3 is 0 Å². The molecule has 0 saturated carbocycles. The number of hydrazine groups is 1. The highest BCUT2D eigenvalue weighted by molar-refractivity contribution is 5.69. The number of hydrogen-bond acceptors (Lipinski definition) is 6. The van der Waals surface area contributed by atoms with Crippen LogP contribution in [0, 0.1) is 20.2 Å². The predicted molar refractivity (Wildman–Crippen MR) is 64.1 cm³/mol. The summed E-state index contributed by atoms with van der Waals surface area (Å²) in [5.41, 5.74) is -0.506. The maximum absolute atomic E-state index is 11.0. The number of non-ortho nitro benzene ring substituents is 1. The van der Waals surface area contributed by atoms with E-state index in [1.54, 1.807) is 12.1 Å². The Balaban J connectivity index is 2.49. The van der Waals surface area contributed by atoms with E-state index < -0.39 is 9.85 Å². The van der Waals surface area contributed by atoms with Crippen molar-refractivity contribution in [1.29, 1.82) is 0 Å². The Morgan fingerprint density at radius 2 is 1.72 bits per heavy atom. The van der Waals surface area contributed by atoms with E-state index in [4.69, 9.17) is 0 Å². The van der Waals surface area contributed by atoms with Crippen LogP contribution < -0.4 is 5.01 Å². The van der Waals surface area contributed by atoms with Crippen LogP contribution in [0.1, 0.15) is 13.8 Å². The van der Waals surface area contributed by atoms with E-state index >= 15 is 0 Å². The van der Waals surface area contributed by atoms with E-state index in [2.05, 4.69) is 0 Å². The normalized spacial score (nSPS) is 20.6. The van der Waals surface area contributed by atoms with Gasteiger partial charge in [-0.25, -0.2) is 0 Å². The molecule has 96 valence electrons. The van der Waals surface area contributed by atoms with Gasteiger partial charge in [0, 0.05) is 13.1 Å². The number of anilines is 1. The minimum atomic E-state index is -0.645. The minimum absolute atomic E-state index is 0.262. The molecule has 1 heterocycles. The number of rotatable bonds is 3. The summed E-state index contributed by atoms with van der Waals surface area (Å²) in [6, 6.07) is 3.66. The molecule has 0 amide bonds. The molecule has 0 spiro atoms. The highest BCUT2D eigenvalue weighted by atomic mass is 16.6. The monoisotopic (exact) mass is 252 g/mol. The van der Waals surface area contributed by atoms with Crippen LogP contribution in [-0.4, -0.2) is 27.6 Å². The first-order valence-corrected chi connectivity index (χ1v) is 5.23. The largest absolute Gasteiger partial charge is 0.300 e. The molecule has 1 saturated heterocycles. The molecule has 0 aromatic heterocycles. The van der Waals surface area contributed by atoms with Crippen LogP contribution in [0.15, 0.2) is 18.2 Å². The zero-order chi connectivity index (χ0) is 13.7. The van der Waals surface area contributed by atoms with Crippen LogP contribution in [0.25, 0.3) is 0 Å². The second-order valence-corrected chi connectivity index (χ2v) is 4.52. The summed E-state index contributed by atoms with van der Waals surface area (Å²) in [7, 11) is 1.80. The van der Waals surface area contributed by atoms with Gasteiger partial charge in [0.2, 0.25) is 0 Å². The van der Waals surface area contributed by atoms with Gasteiger partial charge >= 0.3 is 5.69 Å². The van der Waals surface area contributed by atoms with Crippen LogP contribution in [0.2, 0.25) is 0 Å². The third-order valence-corrected chi connectivity index (χ3v) is 3.17. The number of hydrogen-bond donors (Lipinski definition) is 0. The van der Waals surface area contributed by atoms with Crippen molar-refractivity contribution in [3.8, 4) is 0 Å². The highest BCUT2D eigenvalue weighted by Gasteiger charge is 2.53. The molecule has 0 aliphatic carbocycles. The van der Waals surface area contributed by atoms with Gasteiger partial charge in [-0.1, -0.05) is 0 Å². The van der Waals surface area contributed by atoms with E-state index in [0.29, 0.717) is 5.69 Å². The zero-order valence-corrected chi connectivity index (χ0v) is 10.2. The lowest BCUT2D eigenvalue weighted by Crippen LogP contribution is -2.09. The van der Waals surface area contributed by atoms with E-state index in [1.807, 2.05) is 18.9 Å². The molecule has 8 heteroatoms. The molecule has 8 nitrogen and oxygen atoms in total. The Labute approximate surface area is 103 Å². The van der Waals surface area contributed by atoms with Crippen molar-refractivity contribution in [3.63, 3.8) is 0 Å². The average Bonchev–Trinajstić information content (AvgIpc) is 2.77. The van der Waals surface area contributed by atoms with Gasteiger partial charge in [0.1, 0.15) is 11.4 Å². The molecular formula is C10H12N4O4. The average molecular weight is 252 g/mol. The van der Waals surface area contributed by atoms with Crippen molar-refractivity contribution in [1.82, 2.24) is 5.01 Å². The summed E-state index contributed by atoms with van der Waals surface area (Å²) in [6.45, 7) is 3.80. The van der Waals surface area contributed by atoms with Gasteiger partial charge in [0.05, 0.1) is 15.9 Å². The molecule has 18 heavy (non-hydrogen) atoms. The lowest BCUT2D eigenvalue weighted by molar-refractivity contribution is -0.393. The van der Waals surface area contributed by atoms with Gasteiger partial charge in [0.25, 0.3) is 5.69 Å². The van der Waals surface area contributed by atoms with Gasteiger partial charge in [-0.2, -0.15) is 5.01 Å². The molecular weight excluding hydrogens is 240 g/mol. The Morgan fingerprint density at radius 1 is 1.17 bits per heavy atom. The van der Waals surface area contributed by atoms with E-state index in [0.717, 1.165) is 6.07 Å². The van der Waals surface area contributed by atoms with Crippen LogP contribution in [-0.2, 0) is 0 Å². The minimum Gasteiger partial charge on any atom is -0.276 e. The molecule has 1 unspecified atom stereocenters. The molecule has 1 aliphatic rings. The first-order chi connectivity index (χ1) is 8.26. The second kappa shape index (κ2) is 3.64. The van der Waals surface area contributed by atoms with Crippen molar-refractivity contribution < 1.29 is 9.85 Å². The van der Waals surface area contributed by atoms with E-state index in [-0.39, 0.29) is 17.0 Å². The number of nitrogens with zero attached hydrogens (tertiary/aromatic N) is 4. The summed E-state index contributed by atoms with van der Waals surface area (Å²) >= 11 is 0. The predicted octanol–water partition coefficient (Wildman–Crippen LogP) is 1.91. The topological polar surface area (TPSA) is 92.3 Å². The smallest absolute Gasteiger partial charge is 0.276 e. The van der Waals surface area contributed by atoms with Crippen LogP contribution in [0.5, 0.6) is 0 Å². The summed E-state index contributed by atoms with van der Waals surface area (Å²) < 4.78 is 0. The first kappa shape index (κ1) is 12.2. The Bertz CT molecular complexity index is 543. The molecule has 1 aromatic rings. The lowest BCUT2D eigenvalue weighted by Gasteiger charge is -2.06. The van der Waals surface area contributed by atoms with Crippen LogP contribution in [0.3, 0.4) is 0 Å².